The van der Waals surface area contributed by atoms with Crippen molar-refractivity contribution in [2.24, 2.45) is 5.92 Å². The Kier molecular flexibility index (Phi) is 12.5. The smallest absolute Gasteiger partial charge is 0.490 e. The standard InChI is InChI=1S/C34H37FN4O6S.C2HF3O2/c1-5-45-34(41)26-15-17-39(31(26)25-8-6-7-9-29(25)46(42,43)20(2)3)33(40)30(22-10-13-27(35)28(19-22)44-4)38-23-11-12-24-21(18-23)14-16-37-32(24)36;3-2(4,5)1(6)7/h6-14,16,18-20,26,30-31,38H,5,15,17H2,1-4H3,(H2,36,37);(H,6,7)/t26-,30+,31-;/m1./s1. The number of esters is 1. The molecular formula is C36H38F4N4O8S. The zero-order valence-corrected chi connectivity index (χ0v) is 29.9. The van der Waals surface area contributed by atoms with E-state index >= 15 is 0 Å². The minimum Gasteiger partial charge on any atom is -0.494 e. The lowest BCUT2D eigenvalue weighted by molar-refractivity contribution is -0.192. The summed E-state index contributed by atoms with van der Waals surface area (Å²) in [7, 11) is -2.46. The predicted molar refractivity (Wildman–Crippen MR) is 187 cm³/mol. The van der Waals surface area contributed by atoms with Gasteiger partial charge < -0.3 is 30.5 Å². The van der Waals surface area contributed by atoms with Crippen molar-refractivity contribution in [1.29, 1.82) is 0 Å². The first-order valence-electron chi connectivity index (χ1n) is 16.3. The third kappa shape index (κ3) is 8.96. The summed E-state index contributed by atoms with van der Waals surface area (Å²) in [5.74, 6) is -4.82. The molecule has 0 aliphatic carbocycles. The number of hydrogen-bond acceptors (Lipinski definition) is 10. The van der Waals surface area contributed by atoms with Crippen LogP contribution in [0, 0.1) is 11.7 Å². The Morgan fingerprint density at radius 3 is 2.38 bits per heavy atom. The number of likely N-dealkylation sites (tertiary alicyclic amines) is 1. The number of alkyl halides is 3. The second kappa shape index (κ2) is 16.5. The Hall–Kier alpha value is -5.45. The van der Waals surface area contributed by atoms with Crippen LogP contribution in [0.2, 0.25) is 0 Å². The molecule has 0 unspecified atom stereocenters. The molecule has 3 aromatic carbocycles. The molecule has 1 amide bonds. The first-order chi connectivity index (χ1) is 24.9. The summed E-state index contributed by atoms with van der Waals surface area (Å²) < 4.78 is 83.9. The zero-order chi connectivity index (χ0) is 39.2. The van der Waals surface area contributed by atoms with Crippen molar-refractivity contribution in [3.63, 3.8) is 0 Å². The van der Waals surface area contributed by atoms with Crippen molar-refractivity contribution in [2.45, 2.75) is 55.6 Å². The number of nitrogens with zero attached hydrogens (tertiary/aromatic N) is 2. The van der Waals surface area contributed by atoms with Crippen LogP contribution < -0.4 is 15.8 Å². The van der Waals surface area contributed by atoms with Gasteiger partial charge in [0.2, 0.25) is 5.91 Å². The molecule has 1 saturated heterocycles. The number of anilines is 2. The molecule has 284 valence electrons. The Morgan fingerprint density at radius 2 is 1.75 bits per heavy atom. The zero-order valence-electron chi connectivity index (χ0n) is 29.1. The Morgan fingerprint density at radius 1 is 1.08 bits per heavy atom. The van der Waals surface area contributed by atoms with Gasteiger partial charge in [-0.15, -0.1) is 0 Å². The number of carbonyl (C=O) groups is 3. The molecule has 0 spiro atoms. The second-order valence-corrected chi connectivity index (χ2v) is 14.6. The number of nitrogen functional groups attached to an aromatic ring is 1. The highest BCUT2D eigenvalue weighted by Gasteiger charge is 2.46. The van der Waals surface area contributed by atoms with Gasteiger partial charge in [-0.25, -0.2) is 22.6 Å². The van der Waals surface area contributed by atoms with E-state index in [-0.39, 0.29) is 30.2 Å². The molecule has 0 radical (unpaired) electrons. The van der Waals surface area contributed by atoms with E-state index in [1.807, 2.05) is 6.07 Å². The van der Waals surface area contributed by atoms with E-state index in [0.29, 0.717) is 22.6 Å². The summed E-state index contributed by atoms with van der Waals surface area (Å²) in [5.41, 5.74) is 7.35. The van der Waals surface area contributed by atoms with E-state index in [4.69, 9.17) is 25.1 Å². The fourth-order valence-corrected chi connectivity index (χ4v) is 7.22. The summed E-state index contributed by atoms with van der Waals surface area (Å²) in [4.78, 5) is 42.6. The van der Waals surface area contributed by atoms with Crippen molar-refractivity contribution >= 4 is 50.0 Å². The molecule has 2 heterocycles. The number of sulfone groups is 1. The van der Waals surface area contributed by atoms with Gasteiger partial charge >= 0.3 is 18.1 Å². The summed E-state index contributed by atoms with van der Waals surface area (Å²) in [6.07, 6.45) is -3.24. The number of carboxylic acids is 1. The molecule has 1 aromatic heterocycles. The van der Waals surface area contributed by atoms with Crippen LogP contribution in [0.15, 0.2) is 77.8 Å². The molecule has 5 rings (SSSR count). The Balaban J connectivity index is 0.000000815. The van der Waals surface area contributed by atoms with E-state index in [1.165, 1.54) is 36.3 Å². The van der Waals surface area contributed by atoms with Crippen LogP contribution >= 0.6 is 0 Å². The maximum absolute atomic E-state index is 14.8. The molecule has 0 bridgehead atoms. The van der Waals surface area contributed by atoms with E-state index in [2.05, 4.69) is 10.3 Å². The van der Waals surface area contributed by atoms with Crippen LogP contribution in [0.4, 0.5) is 29.1 Å². The van der Waals surface area contributed by atoms with E-state index < -0.39 is 62.9 Å². The molecule has 4 aromatic rings. The lowest BCUT2D eigenvalue weighted by Gasteiger charge is -2.33. The number of pyridine rings is 1. The van der Waals surface area contributed by atoms with Crippen LogP contribution in [0.1, 0.15) is 50.4 Å². The molecule has 17 heteroatoms. The Bertz CT molecular complexity index is 2100. The topological polar surface area (TPSA) is 178 Å². The maximum Gasteiger partial charge on any atom is 0.490 e. The Labute approximate surface area is 302 Å². The van der Waals surface area contributed by atoms with E-state index in [0.717, 1.165) is 10.8 Å². The quantitative estimate of drug-likeness (QED) is 0.126. The van der Waals surface area contributed by atoms with Gasteiger partial charge in [0.1, 0.15) is 11.9 Å². The van der Waals surface area contributed by atoms with Crippen molar-refractivity contribution < 1.29 is 54.9 Å². The summed E-state index contributed by atoms with van der Waals surface area (Å²) in [6.45, 7) is 5.14. The predicted octanol–water partition coefficient (Wildman–Crippen LogP) is 6.09. The first kappa shape index (κ1) is 40.3. The van der Waals surface area contributed by atoms with Gasteiger partial charge in [0, 0.05) is 23.8 Å². The highest BCUT2D eigenvalue weighted by Crippen LogP contribution is 2.43. The number of nitrogens with one attached hydrogen (secondary N) is 1. The average Bonchev–Trinajstić information content (AvgIpc) is 3.56. The number of carbonyl (C=O) groups excluding carboxylic acids is 2. The minimum atomic E-state index is -5.08. The largest absolute Gasteiger partial charge is 0.494 e. The molecule has 53 heavy (non-hydrogen) atoms. The molecule has 0 saturated carbocycles. The summed E-state index contributed by atoms with van der Waals surface area (Å²) in [5, 5.41) is 11.2. The highest BCUT2D eigenvalue weighted by atomic mass is 32.2. The van der Waals surface area contributed by atoms with Crippen molar-refractivity contribution in [2.75, 3.05) is 31.3 Å². The molecular weight excluding hydrogens is 724 g/mol. The fraction of sp³-hybridized carbons (Fsp3) is 0.333. The lowest BCUT2D eigenvalue weighted by atomic mass is 9.93. The number of carboxylic acid groups (broad SMARTS) is 1. The number of fused-ring (bicyclic) bond motifs is 1. The number of hydrogen-bond donors (Lipinski definition) is 3. The molecule has 4 N–H and O–H groups in total. The summed E-state index contributed by atoms with van der Waals surface area (Å²) in [6, 6.07) is 15.7. The molecule has 1 aliphatic rings. The van der Waals surface area contributed by atoms with Crippen LogP contribution in [0.25, 0.3) is 10.8 Å². The van der Waals surface area contributed by atoms with Crippen LogP contribution in [0.5, 0.6) is 5.75 Å². The number of halogens is 4. The fourth-order valence-electron chi connectivity index (χ4n) is 5.93. The number of ether oxygens (including phenoxy) is 2. The lowest BCUT2D eigenvalue weighted by Crippen LogP contribution is -2.40. The number of benzene rings is 3. The number of methoxy groups -OCH3 is 1. The van der Waals surface area contributed by atoms with Gasteiger partial charge in [0.05, 0.1) is 35.8 Å². The third-order valence-corrected chi connectivity index (χ3v) is 10.8. The van der Waals surface area contributed by atoms with Crippen molar-refractivity contribution in [3.8, 4) is 5.75 Å². The number of amides is 1. The molecule has 1 aliphatic heterocycles. The SMILES string of the molecule is CCOC(=O)[C@@H]1CCN(C(=O)[C@@H](Nc2ccc3c(N)nccc3c2)c2ccc(F)c(OC)c2)[C@@H]1c1ccccc1S(=O)(=O)C(C)C.O=C(O)C(F)(F)F. The van der Waals surface area contributed by atoms with Gasteiger partial charge in [0.15, 0.2) is 21.4 Å². The monoisotopic (exact) mass is 762 g/mol. The molecule has 3 atom stereocenters. The van der Waals surface area contributed by atoms with Crippen LogP contribution in [0.3, 0.4) is 0 Å². The normalized spacial score (nSPS) is 16.4. The maximum atomic E-state index is 14.8. The number of aliphatic carboxylic acids is 1. The van der Waals surface area contributed by atoms with Crippen LogP contribution in [-0.4, -0.2) is 72.9 Å². The van der Waals surface area contributed by atoms with Gasteiger partial charge in [-0.1, -0.05) is 24.3 Å². The van der Waals surface area contributed by atoms with Crippen molar-refractivity contribution in [1.82, 2.24) is 9.88 Å². The second-order valence-electron chi connectivity index (χ2n) is 12.2. The van der Waals surface area contributed by atoms with E-state index in [9.17, 15) is 35.6 Å². The van der Waals surface area contributed by atoms with Crippen LogP contribution in [-0.2, 0) is 29.0 Å². The first-order valence-corrected chi connectivity index (χ1v) is 17.8. The van der Waals surface area contributed by atoms with Gasteiger partial charge in [-0.3, -0.25) is 9.59 Å². The third-order valence-electron chi connectivity index (χ3n) is 8.54. The minimum absolute atomic E-state index is 0.0507. The number of aromatic nitrogens is 1. The number of nitrogens with two attached hydrogens (primary N) is 1. The van der Waals surface area contributed by atoms with Crippen molar-refractivity contribution in [3.05, 3.63) is 89.9 Å². The highest BCUT2D eigenvalue weighted by molar-refractivity contribution is 7.92. The molecule has 12 nitrogen and oxygen atoms in total. The van der Waals surface area contributed by atoms with Gasteiger partial charge in [-0.05, 0) is 86.2 Å². The molecule has 1 fully saturated rings. The number of rotatable bonds is 10. The van der Waals surface area contributed by atoms with Gasteiger partial charge in [0.25, 0.3) is 0 Å². The summed E-state index contributed by atoms with van der Waals surface area (Å²) >= 11 is 0. The van der Waals surface area contributed by atoms with Gasteiger partial charge in [-0.2, -0.15) is 13.2 Å². The average molecular weight is 763 g/mol. The van der Waals surface area contributed by atoms with E-state index in [1.54, 1.807) is 63.4 Å².